The Morgan fingerprint density at radius 1 is 1.23 bits per heavy atom. The van der Waals surface area contributed by atoms with Gasteiger partial charge in [-0.05, 0) is 30.5 Å². The number of amides is 1. The monoisotopic (exact) mass is 382 g/mol. The molecule has 1 N–H and O–H groups in total. The first-order valence-electron chi connectivity index (χ1n) is 8.89. The molecule has 26 heavy (non-hydrogen) atoms. The van der Waals surface area contributed by atoms with E-state index in [2.05, 4.69) is 0 Å². The van der Waals surface area contributed by atoms with Gasteiger partial charge >= 0.3 is 0 Å². The Bertz CT molecular complexity index is 753. The van der Waals surface area contributed by atoms with Crippen LogP contribution in [0.2, 0.25) is 0 Å². The van der Waals surface area contributed by atoms with Crippen LogP contribution < -0.4 is 4.74 Å². The Morgan fingerprint density at radius 3 is 2.65 bits per heavy atom. The lowest BCUT2D eigenvalue weighted by Crippen LogP contribution is -2.59. The summed E-state index contributed by atoms with van der Waals surface area (Å²) >= 11 is 0. The Labute approximate surface area is 154 Å². The van der Waals surface area contributed by atoms with Crippen molar-refractivity contribution in [2.24, 2.45) is 0 Å². The van der Waals surface area contributed by atoms with Crippen molar-refractivity contribution < 1.29 is 23.1 Å². The van der Waals surface area contributed by atoms with Gasteiger partial charge in [0, 0.05) is 32.7 Å². The molecule has 7 nitrogen and oxygen atoms in total. The first kappa shape index (κ1) is 19.1. The summed E-state index contributed by atoms with van der Waals surface area (Å²) in [6.45, 7) is 1.96. The molecule has 2 aliphatic rings. The number of carbonyl (C=O) groups excluding carboxylic acids is 1. The summed E-state index contributed by atoms with van der Waals surface area (Å²) in [5.74, 6) is 0.632. The average molecular weight is 382 g/mol. The maximum atomic E-state index is 12.9. The summed E-state index contributed by atoms with van der Waals surface area (Å²) in [5.41, 5.74) is -0.496. The van der Waals surface area contributed by atoms with Crippen molar-refractivity contribution in [3.63, 3.8) is 0 Å². The van der Waals surface area contributed by atoms with Gasteiger partial charge in [-0.2, -0.15) is 0 Å². The molecule has 0 spiro atoms. The number of hydrogen-bond acceptors (Lipinski definition) is 6. The van der Waals surface area contributed by atoms with E-state index in [1.54, 1.807) is 12.0 Å². The van der Waals surface area contributed by atoms with Crippen LogP contribution in [0.3, 0.4) is 0 Å². The van der Waals surface area contributed by atoms with E-state index in [9.17, 15) is 18.3 Å². The molecule has 0 aromatic heterocycles. The zero-order valence-corrected chi connectivity index (χ0v) is 15.9. The van der Waals surface area contributed by atoms with Crippen molar-refractivity contribution in [2.45, 2.75) is 25.0 Å². The summed E-state index contributed by atoms with van der Waals surface area (Å²) in [4.78, 5) is 16.5. The molecule has 3 rings (SSSR count). The standard InChI is InChI=1S/C18H26N2O5S/c1-25-16-5-2-4-15(12-16)13-20-7-3-6-18(22,17(20)21)14-19-8-10-26(23,24)11-9-19/h2,4-5,12,22H,3,6-11,13-14H2,1H3/t18-/m1/s1. The number of sulfone groups is 1. The van der Waals surface area contributed by atoms with Gasteiger partial charge in [0.05, 0.1) is 18.6 Å². The van der Waals surface area contributed by atoms with E-state index >= 15 is 0 Å². The highest BCUT2D eigenvalue weighted by Crippen LogP contribution is 2.26. The van der Waals surface area contributed by atoms with Crippen molar-refractivity contribution >= 4 is 15.7 Å². The number of aliphatic hydroxyl groups is 1. The molecule has 1 atom stereocenters. The minimum absolute atomic E-state index is 0.0881. The number of hydrogen-bond donors (Lipinski definition) is 1. The van der Waals surface area contributed by atoms with Crippen LogP contribution in [0.5, 0.6) is 5.75 Å². The van der Waals surface area contributed by atoms with Crippen LogP contribution in [0.1, 0.15) is 18.4 Å². The number of rotatable bonds is 5. The van der Waals surface area contributed by atoms with Crippen LogP contribution >= 0.6 is 0 Å². The smallest absolute Gasteiger partial charge is 0.256 e. The van der Waals surface area contributed by atoms with E-state index in [0.717, 1.165) is 17.7 Å². The number of ether oxygens (including phenoxy) is 1. The second-order valence-electron chi connectivity index (χ2n) is 7.14. The highest BCUT2D eigenvalue weighted by atomic mass is 32.2. The highest BCUT2D eigenvalue weighted by molar-refractivity contribution is 7.91. The molecule has 1 aromatic rings. The number of benzene rings is 1. The minimum atomic E-state index is -2.98. The third kappa shape index (κ3) is 4.36. The molecule has 2 heterocycles. The Hall–Kier alpha value is -1.64. The summed E-state index contributed by atoms with van der Waals surface area (Å²) in [6, 6.07) is 7.54. The van der Waals surface area contributed by atoms with E-state index in [1.165, 1.54) is 0 Å². The lowest BCUT2D eigenvalue weighted by atomic mass is 9.90. The molecule has 0 bridgehead atoms. The molecular formula is C18H26N2O5S. The lowest BCUT2D eigenvalue weighted by molar-refractivity contribution is -0.160. The van der Waals surface area contributed by atoms with Crippen molar-refractivity contribution in [3.05, 3.63) is 29.8 Å². The van der Waals surface area contributed by atoms with Gasteiger partial charge in [0.25, 0.3) is 5.91 Å². The zero-order chi connectivity index (χ0) is 18.8. The third-order valence-electron chi connectivity index (χ3n) is 5.13. The van der Waals surface area contributed by atoms with Gasteiger partial charge in [0.1, 0.15) is 5.75 Å². The van der Waals surface area contributed by atoms with Gasteiger partial charge in [-0.15, -0.1) is 0 Å². The molecule has 8 heteroatoms. The maximum absolute atomic E-state index is 12.9. The number of carbonyl (C=O) groups is 1. The lowest BCUT2D eigenvalue weighted by Gasteiger charge is -2.41. The Morgan fingerprint density at radius 2 is 1.96 bits per heavy atom. The molecule has 0 aliphatic carbocycles. The molecule has 2 aliphatic heterocycles. The molecule has 0 radical (unpaired) electrons. The molecule has 0 unspecified atom stereocenters. The van der Waals surface area contributed by atoms with Gasteiger partial charge < -0.3 is 14.7 Å². The first-order chi connectivity index (χ1) is 12.3. The van der Waals surface area contributed by atoms with E-state index in [0.29, 0.717) is 32.6 Å². The van der Waals surface area contributed by atoms with Crippen molar-refractivity contribution in [1.29, 1.82) is 0 Å². The normalized spacial score (nSPS) is 26.7. The second-order valence-corrected chi connectivity index (χ2v) is 9.44. The summed E-state index contributed by atoms with van der Waals surface area (Å²) in [7, 11) is -1.38. The van der Waals surface area contributed by atoms with Crippen molar-refractivity contribution in [1.82, 2.24) is 9.80 Å². The number of β-amino-alcohol motifs (C(OH)–C–C–N with tert-alkyl or cyclic N) is 1. The van der Waals surface area contributed by atoms with E-state index in [-0.39, 0.29) is 24.0 Å². The zero-order valence-electron chi connectivity index (χ0n) is 15.1. The predicted octanol–water partition coefficient (Wildman–Crippen LogP) is 0.279. The van der Waals surface area contributed by atoms with Crippen LogP contribution in [0, 0.1) is 0 Å². The Kier molecular flexibility index (Phi) is 5.55. The van der Waals surface area contributed by atoms with Gasteiger partial charge in [0.15, 0.2) is 15.4 Å². The van der Waals surface area contributed by atoms with Crippen LogP contribution in [-0.4, -0.2) is 79.6 Å². The van der Waals surface area contributed by atoms with Crippen molar-refractivity contribution in [3.8, 4) is 5.75 Å². The highest BCUT2D eigenvalue weighted by Gasteiger charge is 2.43. The van der Waals surface area contributed by atoms with Crippen LogP contribution in [0.15, 0.2) is 24.3 Å². The second kappa shape index (κ2) is 7.54. The summed E-state index contributed by atoms with van der Waals surface area (Å²) < 4.78 is 28.4. The quantitative estimate of drug-likeness (QED) is 0.787. The summed E-state index contributed by atoms with van der Waals surface area (Å²) in [6.07, 6.45) is 1.13. The molecule has 2 fully saturated rings. The Balaban J connectivity index is 1.66. The topological polar surface area (TPSA) is 87.2 Å². The van der Waals surface area contributed by atoms with Crippen molar-refractivity contribution in [2.75, 3.05) is 44.8 Å². The van der Waals surface area contributed by atoms with Gasteiger partial charge in [0.2, 0.25) is 0 Å². The minimum Gasteiger partial charge on any atom is -0.497 e. The molecule has 144 valence electrons. The number of likely N-dealkylation sites (tertiary alicyclic amines) is 1. The van der Waals surface area contributed by atoms with Gasteiger partial charge in [-0.3, -0.25) is 9.69 Å². The fourth-order valence-electron chi connectivity index (χ4n) is 3.63. The largest absolute Gasteiger partial charge is 0.497 e. The fourth-order valence-corrected chi connectivity index (χ4v) is 4.91. The number of piperidine rings is 1. The predicted molar refractivity (Wildman–Crippen MR) is 97.7 cm³/mol. The third-order valence-corrected chi connectivity index (χ3v) is 6.74. The fraction of sp³-hybridized carbons (Fsp3) is 0.611. The van der Waals surface area contributed by atoms with Crippen LogP contribution in [0.25, 0.3) is 0 Å². The molecular weight excluding hydrogens is 356 g/mol. The SMILES string of the molecule is COc1cccc(CN2CCC[C@@](O)(CN3CCS(=O)(=O)CC3)C2=O)c1. The van der Waals surface area contributed by atoms with E-state index in [4.69, 9.17) is 4.74 Å². The van der Waals surface area contributed by atoms with Crippen LogP contribution in [0.4, 0.5) is 0 Å². The van der Waals surface area contributed by atoms with E-state index < -0.39 is 15.4 Å². The molecule has 1 aromatic carbocycles. The molecule has 0 saturated carbocycles. The first-order valence-corrected chi connectivity index (χ1v) is 10.7. The molecule has 2 saturated heterocycles. The van der Waals surface area contributed by atoms with Crippen LogP contribution in [-0.2, 0) is 21.2 Å². The van der Waals surface area contributed by atoms with Gasteiger partial charge in [-0.25, -0.2) is 8.42 Å². The number of nitrogens with zero attached hydrogens (tertiary/aromatic N) is 2. The maximum Gasteiger partial charge on any atom is 0.256 e. The van der Waals surface area contributed by atoms with Gasteiger partial charge in [-0.1, -0.05) is 12.1 Å². The van der Waals surface area contributed by atoms with E-state index in [1.807, 2.05) is 29.2 Å². The summed E-state index contributed by atoms with van der Waals surface area (Å²) in [5, 5.41) is 11.0. The molecule has 1 amide bonds. The number of methoxy groups -OCH3 is 1. The average Bonchev–Trinajstić information content (AvgIpc) is 2.61.